The summed E-state index contributed by atoms with van der Waals surface area (Å²) in [5, 5.41) is 4.73. The lowest BCUT2D eigenvalue weighted by Gasteiger charge is -2.25. The molecule has 3 heteroatoms. The predicted molar refractivity (Wildman–Crippen MR) is 70.2 cm³/mol. The molecule has 0 fully saturated rings. The molecule has 0 amide bonds. The number of nitrogens with one attached hydrogen (secondary N) is 1. The Hall–Kier alpha value is -0.960. The maximum absolute atomic E-state index is 4.45. The largest absolute Gasteiger partial charge is 0.362 e. The maximum Gasteiger partial charge on any atom is 0.156 e. The van der Waals surface area contributed by atoms with Crippen molar-refractivity contribution in [3.63, 3.8) is 0 Å². The quantitative estimate of drug-likeness (QED) is 0.803. The third kappa shape index (κ3) is 2.09. The second kappa shape index (κ2) is 4.50. The molecule has 3 rings (SSSR count). The van der Waals surface area contributed by atoms with Crippen molar-refractivity contribution in [2.24, 2.45) is 4.99 Å². The Kier molecular flexibility index (Phi) is 2.87. The molecule has 1 aliphatic heterocycles. The number of hydrogen-bond donors (Lipinski definition) is 1. The average Bonchev–Trinajstić information content (AvgIpc) is 2.82. The summed E-state index contributed by atoms with van der Waals surface area (Å²) in [6.45, 7) is 0.982. The van der Waals surface area contributed by atoms with Gasteiger partial charge in [-0.3, -0.25) is 4.99 Å². The molecule has 0 bridgehead atoms. The highest BCUT2D eigenvalue weighted by molar-refractivity contribution is 8.14. The van der Waals surface area contributed by atoms with Gasteiger partial charge < -0.3 is 5.32 Å². The van der Waals surface area contributed by atoms with Crippen molar-refractivity contribution >= 4 is 16.9 Å². The fourth-order valence-corrected chi connectivity index (χ4v) is 3.23. The lowest BCUT2D eigenvalue weighted by atomic mass is 9.88. The molecule has 84 valence electrons. The summed E-state index contributed by atoms with van der Waals surface area (Å²) in [7, 11) is 0. The number of hydrogen-bond acceptors (Lipinski definition) is 3. The van der Waals surface area contributed by atoms with Gasteiger partial charge in [-0.05, 0) is 30.4 Å². The number of benzene rings is 1. The second-order valence-corrected chi connectivity index (χ2v) is 5.47. The molecule has 0 spiro atoms. The molecule has 2 nitrogen and oxygen atoms in total. The number of aryl methyl sites for hydroxylation is 1. The fraction of sp³-hybridized carbons (Fsp3) is 0.462. The number of aliphatic imine (C=N–C) groups is 1. The summed E-state index contributed by atoms with van der Waals surface area (Å²) < 4.78 is 0. The number of amidine groups is 1. The van der Waals surface area contributed by atoms with Gasteiger partial charge in [0.1, 0.15) is 0 Å². The lowest BCUT2D eigenvalue weighted by Crippen LogP contribution is -2.37. The average molecular weight is 232 g/mol. The molecule has 16 heavy (non-hydrogen) atoms. The topological polar surface area (TPSA) is 24.4 Å². The third-order valence-electron chi connectivity index (χ3n) is 3.26. The Bertz CT molecular complexity index is 414. The molecule has 0 saturated heterocycles. The Morgan fingerprint density at radius 2 is 2.12 bits per heavy atom. The summed E-state index contributed by atoms with van der Waals surface area (Å²) in [4.78, 5) is 4.45. The molecule has 1 heterocycles. The molecule has 0 saturated carbocycles. The fourth-order valence-electron chi connectivity index (χ4n) is 2.42. The minimum Gasteiger partial charge on any atom is -0.362 e. The van der Waals surface area contributed by atoms with Gasteiger partial charge >= 0.3 is 0 Å². The maximum atomic E-state index is 4.45. The lowest BCUT2D eigenvalue weighted by molar-refractivity contribution is 0.531. The SMILES string of the molecule is c1ccc2c(c1)CCC(NC1=NCCS1)C2. The van der Waals surface area contributed by atoms with E-state index in [4.69, 9.17) is 0 Å². The zero-order chi connectivity index (χ0) is 10.8. The van der Waals surface area contributed by atoms with E-state index in [9.17, 15) is 0 Å². The van der Waals surface area contributed by atoms with E-state index in [0.29, 0.717) is 6.04 Å². The van der Waals surface area contributed by atoms with Crippen LogP contribution in [0.5, 0.6) is 0 Å². The summed E-state index contributed by atoms with van der Waals surface area (Å²) >= 11 is 1.86. The highest BCUT2D eigenvalue weighted by atomic mass is 32.2. The van der Waals surface area contributed by atoms with Crippen LogP contribution in [0.3, 0.4) is 0 Å². The first kappa shape index (κ1) is 10.2. The van der Waals surface area contributed by atoms with E-state index < -0.39 is 0 Å². The van der Waals surface area contributed by atoms with Crippen LogP contribution in [-0.2, 0) is 12.8 Å². The molecule has 0 aromatic heterocycles. The van der Waals surface area contributed by atoms with Crippen LogP contribution in [-0.4, -0.2) is 23.5 Å². The normalized spacial score (nSPS) is 23.8. The predicted octanol–water partition coefficient (Wildman–Crippen LogP) is 2.24. The van der Waals surface area contributed by atoms with Crippen molar-refractivity contribution in [3.05, 3.63) is 35.4 Å². The van der Waals surface area contributed by atoms with Crippen LogP contribution in [0.25, 0.3) is 0 Å². The Labute approximate surface area is 101 Å². The van der Waals surface area contributed by atoms with Crippen molar-refractivity contribution in [2.75, 3.05) is 12.3 Å². The summed E-state index contributed by atoms with van der Waals surface area (Å²) in [6.07, 6.45) is 3.58. The summed E-state index contributed by atoms with van der Waals surface area (Å²) in [5.74, 6) is 1.14. The van der Waals surface area contributed by atoms with Gasteiger partial charge in [-0.1, -0.05) is 36.0 Å². The molecule has 1 unspecified atom stereocenters. The van der Waals surface area contributed by atoms with Crippen LogP contribution < -0.4 is 5.32 Å². The first-order chi connectivity index (χ1) is 7.92. The monoisotopic (exact) mass is 232 g/mol. The van der Waals surface area contributed by atoms with Crippen molar-refractivity contribution < 1.29 is 0 Å². The van der Waals surface area contributed by atoms with Crippen molar-refractivity contribution in [1.29, 1.82) is 0 Å². The van der Waals surface area contributed by atoms with Crippen molar-refractivity contribution in [2.45, 2.75) is 25.3 Å². The molecule has 1 N–H and O–H groups in total. The van der Waals surface area contributed by atoms with Gasteiger partial charge in [0.05, 0.1) is 6.54 Å². The van der Waals surface area contributed by atoms with E-state index in [2.05, 4.69) is 34.6 Å². The Morgan fingerprint density at radius 1 is 1.25 bits per heavy atom. The molecule has 1 aromatic rings. The van der Waals surface area contributed by atoms with Crippen LogP contribution >= 0.6 is 11.8 Å². The number of fused-ring (bicyclic) bond motifs is 1. The first-order valence-electron chi connectivity index (χ1n) is 5.92. The standard InChI is InChI=1S/C13H16N2S/c1-2-4-11-9-12(6-5-10(11)3-1)15-13-14-7-8-16-13/h1-4,12H,5-9H2,(H,14,15). The Balaban J connectivity index is 1.68. The molecule has 1 atom stereocenters. The van der Waals surface area contributed by atoms with Crippen LogP contribution in [0, 0.1) is 0 Å². The van der Waals surface area contributed by atoms with Crippen LogP contribution in [0.15, 0.2) is 29.3 Å². The minimum absolute atomic E-state index is 0.583. The first-order valence-corrected chi connectivity index (χ1v) is 6.91. The number of thioether (sulfide) groups is 1. The molecule has 2 aliphatic rings. The number of rotatable bonds is 1. The van der Waals surface area contributed by atoms with Crippen LogP contribution in [0.4, 0.5) is 0 Å². The van der Waals surface area contributed by atoms with E-state index >= 15 is 0 Å². The van der Waals surface area contributed by atoms with E-state index in [1.165, 1.54) is 24.0 Å². The minimum atomic E-state index is 0.583. The van der Waals surface area contributed by atoms with E-state index in [0.717, 1.165) is 23.9 Å². The van der Waals surface area contributed by atoms with Gasteiger partial charge in [0.25, 0.3) is 0 Å². The highest BCUT2D eigenvalue weighted by Gasteiger charge is 2.19. The molecular formula is C13H16N2S. The molecule has 1 aliphatic carbocycles. The number of nitrogens with zero attached hydrogens (tertiary/aromatic N) is 1. The van der Waals surface area contributed by atoms with Gasteiger partial charge in [0, 0.05) is 11.8 Å². The van der Waals surface area contributed by atoms with E-state index in [-0.39, 0.29) is 0 Å². The van der Waals surface area contributed by atoms with Gasteiger partial charge in [-0.25, -0.2) is 0 Å². The second-order valence-electron chi connectivity index (χ2n) is 4.39. The smallest absolute Gasteiger partial charge is 0.156 e. The van der Waals surface area contributed by atoms with Crippen molar-refractivity contribution in [3.8, 4) is 0 Å². The van der Waals surface area contributed by atoms with Crippen LogP contribution in [0.2, 0.25) is 0 Å². The summed E-state index contributed by atoms with van der Waals surface area (Å²) in [6, 6.07) is 9.38. The van der Waals surface area contributed by atoms with Gasteiger partial charge in [0.2, 0.25) is 0 Å². The molecule has 0 radical (unpaired) electrons. The molecular weight excluding hydrogens is 216 g/mol. The zero-order valence-electron chi connectivity index (χ0n) is 9.28. The van der Waals surface area contributed by atoms with E-state index in [1.54, 1.807) is 0 Å². The third-order valence-corrected chi connectivity index (χ3v) is 4.17. The Morgan fingerprint density at radius 3 is 2.94 bits per heavy atom. The summed E-state index contributed by atoms with van der Waals surface area (Å²) in [5.41, 5.74) is 3.04. The van der Waals surface area contributed by atoms with Crippen LogP contribution in [0.1, 0.15) is 17.5 Å². The highest BCUT2D eigenvalue weighted by Crippen LogP contribution is 2.22. The zero-order valence-corrected chi connectivity index (χ0v) is 10.1. The van der Waals surface area contributed by atoms with Gasteiger partial charge in [-0.15, -0.1) is 0 Å². The molecule has 1 aromatic carbocycles. The van der Waals surface area contributed by atoms with Crippen molar-refractivity contribution in [1.82, 2.24) is 5.32 Å². The van der Waals surface area contributed by atoms with E-state index in [1.807, 2.05) is 11.8 Å². The van der Waals surface area contributed by atoms with Gasteiger partial charge in [0.15, 0.2) is 5.17 Å². The van der Waals surface area contributed by atoms with Gasteiger partial charge in [-0.2, -0.15) is 0 Å².